The topological polar surface area (TPSA) is 283 Å². The molecule has 220 valence electrons. The summed E-state index contributed by atoms with van der Waals surface area (Å²) in [5.41, 5.74) is 6.14. The van der Waals surface area contributed by atoms with Crippen LogP contribution in [0.15, 0.2) is 12.7 Å². The van der Waals surface area contributed by atoms with Gasteiger partial charge in [-0.1, -0.05) is 6.92 Å². The smallest absolute Gasteiger partial charge is 0.387 e. The highest BCUT2D eigenvalue weighted by atomic mass is 31.3. The Hall–Kier alpha value is -1.67. The fraction of sp³-hybridized carbons (Fsp3) is 0.722. The van der Waals surface area contributed by atoms with E-state index in [0.29, 0.717) is 13.0 Å². The van der Waals surface area contributed by atoms with Gasteiger partial charge in [0, 0.05) is 0 Å². The van der Waals surface area contributed by atoms with Crippen molar-refractivity contribution < 1.29 is 62.2 Å². The van der Waals surface area contributed by atoms with E-state index in [2.05, 4.69) is 29.1 Å². The van der Waals surface area contributed by atoms with E-state index in [1.807, 2.05) is 6.92 Å². The number of aliphatic hydroxyl groups is 4. The van der Waals surface area contributed by atoms with Crippen molar-refractivity contribution in [2.24, 2.45) is 0 Å². The molecule has 4 rings (SSSR count). The van der Waals surface area contributed by atoms with Crippen LogP contribution >= 0.6 is 15.6 Å². The van der Waals surface area contributed by atoms with Gasteiger partial charge in [-0.15, -0.1) is 0 Å². The summed E-state index contributed by atoms with van der Waals surface area (Å²) in [6.45, 7) is 0.705. The lowest BCUT2D eigenvalue weighted by Gasteiger charge is -2.20. The van der Waals surface area contributed by atoms with Crippen LogP contribution in [0.4, 0.5) is 5.82 Å². The second-order valence-electron chi connectivity index (χ2n) is 8.77. The average Bonchev–Trinajstić information content (AvgIpc) is 3.50. The number of nitrogens with zero attached hydrogens (tertiary/aromatic N) is 4. The van der Waals surface area contributed by atoms with Gasteiger partial charge in [0.15, 0.2) is 17.7 Å². The van der Waals surface area contributed by atoms with Gasteiger partial charge in [0.1, 0.15) is 54.7 Å². The number of ether oxygens (including phenoxy) is 2. The minimum atomic E-state index is -5.29. The lowest BCUT2D eigenvalue weighted by molar-refractivity contribution is -0.0508. The van der Waals surface area contributed by atoms with Crippen LogP contribution in [0, 0.1) is 0 Å². The highest BCUT2D eigenvalue weighted by Gasteiger charge is 2.47. The molecule has 21 heteroatoms. The zero-order valence-corrected chi connectivity index (χ0v) is 22.2. The number of fused-ring (bicyclic) bond motifs is 1. The van der Waals surface area contributed by atoms with Crippen LogP contribution in [0.25, 0.3) is 11.2 Å². The molecule has 2 saturated heterocycles. The number of imidazole rings is 1. The largest absolute Gasteiger partial charge is 0.481 e. The van der Waals surface area contributed by atoms with Gasteiger partial charge in [-0.3, -0.25) is 18.9 Å². The van der Waals surface area contributed by atoms with Gasteiger partial charge in [-0.05, 0) is 13.0 Å². The molecule has 0 saturated carbocycles. The van der Waals surface area contributed by atoms with Crippen molar-refractivity contribution in [3.63, 3.8) is 0 Å². The Labute approximate surface area is 220 Å². The normalized spacial score (nSPS) is 34.3. The van der Waals surface area contributed by atoms with Gasteiger partial charge in [-0.25, -0.2) is 24.1 Å². The molecule has 2 aromatic rings. The Morgan fingerprint density at radius 1 is 0.974 bits per heavy atom. The molecule has 0 radical (unpaired) electrons. The number of rotatable bonds is 12. The Bertz CT molecular complexity index is 1240. The zero-order chi connectivity index (χ0) is 28.5. The molecule has 19 nitrogen and oxygen atoms in total. The summed E-state index contributed by atoms with van der Waals surface area (Å²) in [7, 11) is -10.5. The van der Waals surface area contributed by atoms with Crippen LogP contribution in [0.5, 0.6) is 0 Å². The first-order valence-electron chi connectivity index (χ1n) is 11.7. The number of nitrogen functional groups attached to an aromatic ring is 1. The highest BCUT2D eigenvalue weighted by molar-refractivity contribution is 7.61. The molecule has 2 fully saturated rings. The predicted molar refractivity (Wildman–Crippen MR) is 127 cm³/mol. The number of aliphatic hydroxyl groups excluding tert-OH is 4. The molecule has 2 aliphatic rings. The van der Waals surface area contributed by atoms with Gasteiger partial charge in [0.25, 0.3) is 0 Å². The third kappa shape index (κ3) is 6.80. The molecule has 2 aliphatic heterocycles. The SMILES string of the molecule is CCCN[C@@H]1O[C@H](COP(=O)(O)OP(=O)(O)OC[C@H]2O[C@@H](n3cnc4c(N)ncnc43)[C@H](O)[C@@H]2O)[C@@H](O)[C@H]1O. The zero-order valence-electron chi connectivity index (χ0n) is 20.4. The fourth-order valence-electron chi connectivity index (χ4n) is 4.01. The maximum absolute atomic E-state index is 12.3. The maximum atomic E-state index is 12.3. The second kappa shape index (κ2) is 12.1. The first-order chi connectivity index (χ1) is 18.3. The van der Waals surface area contributed by atoms with Crippen LogP contribution in [0.1, 0.15) is 19.6 Å². The number of anilines is 1. The summed E-state index contributed by atoms with van der Waals surface area (Å²) < 4.78 is 50.3. The molecule has 10 atom stereocenters. The van der Waals surface area contributed by atoms with Gasteiger partial charge in [-0.2, -0.15) is 4.31 Å². The van der Waals surface area contributed by atoms with E-state index in [4.69, 9.17) is 19.7 Å². The van der Waals surface area contributed by atoms with E-state index in [9.17, 15) is 39.3 Å². The molecule has 2 aromatic heterocycles. The molecular formula is C18H30N6O13P2. The Morgan fingerprint density at radius 3 is 2.23 bits per heavy atom. The summed E-state index contributed by atoms with van der Waals surface area (Å²) >= 11 is 0. The molecule has 0 bridgehead atoms. The number of phosphoric acid groups is 2. The Balaban J connectivity index is 1.31. The van der Waals surface area contributed by atoms with Crippen molar-refractivity contribution in [3.8, 4) is 0 Å². The van der Waals surface area contributed by atoms with Crippen LogP contribution in [-0.4, -0.2) is 112 Å². The third-order valence-corrected chi connectivity index (χ3v) is 8.57. The van der Waals surface area contributed by atoms with E-state index in [-0.39, 0.29) is 17.0 Å². The first kappa shape index (κ1) is 30.3. The quantitative estimate of drug-likeness (QED) is 0.119. The van der Waals surface area contributed by atoms with Crippen molar-refractivity contribution in [3.05, 3.63) is 12.7 Å². The minimum absolute atomic E-state index is 0.0684. The summed E-state index contributed by atoms with van der Waals surface area (Å²) in [6.07, 6.45) is -7.73. The number of nitrogens with one attached hydrogen (secondary N) is 1. The van der Waals surface area contributed by atoms with E-state index in [1.165, 1.54) is 10.9 Å². The highest BCUT2D eigenvalue weighted by Crippen LogP contribution is 2.60. The average molecular weight is 600 g/mol. The minimum Gasteiger partial charge on any atom is -0.387 e. The van der Waals surface area contributed by atoms with Crippen LogP contribution < -0.4 is 11.1 Å². The molecule has 0 aliphatic carbocycles. The number of hydrogen-bond acceptors (Lipinski definition) is 16. The number of phosphoric ester groups is 2. The molecule has 2 unspecified atom stereocenters. The van der Waals surface area contributed by atoms with Gasteiger partial charge < -0.3 is 45.4 Å². The fourth-order valence-corrected chi connectivity index (χ4v) is 6.10. The number of aromatic nitrogens is 4. The monoisotopic (exact) mass is 600 g/mol. The molecular weight excluding hydrogens is 570 g/mol. The number of nitrogens with two attached hydrogens (primary N) is 1. The van der Waals surface area contributed by atoms with Crippen molar-refractivity contribution >= 4 is 32.6 Å². The van der Waals surface area contributed by atoms with Gasteiger partial charge >= 0.3 is 15.6 Å². The summed E-state index contributed by atoms with van der Waals surface area (Å²) in [5, 5.41) is 43.7. The van der Waals surface area contributed by atoms with Crippen LogP contribution in [0.3, 0.4) is 0 Å². The molecule has 0 amide bonds. The molecule has 9 N–H and O–H groups in total. The molecule has 39 heavy (non-hydrogen) atoms. The molecule has 4 heterocycles. The first-order valence-corrected chi connectivity index (χ1v) is 14.7. The van der Waals surface area contributed by atoms with Crippen molar-refractivity contribution in [2.45, 2.75) is 62.4 Å². The predicted octanol–water partition coefficient (Wildman–Crippen LogP) is -2.28. The summed E-state index contributed by atoms with van der Waals surface area (Å²) in [4.78, 5) is 31.7. The van der Waals surface area contributed by atoms with Gasteiger partial charge in [0.05, 0.1) is 19.5 Å². The van der Waals surface area contributed by atoms with E-state index in [1.54, 1.807) is 0 Å². The van der Waals surface area contributed by atoms with E-state index >= 15 is 0 Å². The maximum Gasteiger partial charge on any atom is 0.481 e. The van der Waals surface area contributed by atoms with Crippen molar-refractivity contribution in [1.29, 1.82) is 0 Å². The molecule has 0 aromatic carbocycles. The van der Waals surface area contributed by atoms with Crippen molar-refractivity contribution in [2.75, 3.05) is 25.5 Å². The Morgan fingerprint density at radius 2 is 1.59 bits per heavy atom. The van der Waals surface area contributed by atoms with Crippen molar-refractivity contribution in [1.82, 2.24) is 24.8 Å². The lowest BCUT2D eigenvalue weighted by atomic mass is 10.1. The van der Waals surface area contributed by atoms with E-state index < -0.39 is 77.9 Å². The van der Waals surface area contributed by atoms with Gasteiger partial charge in [0.2, 0.25) is 0 Å². The Kier molecular flexibility index (Phi) is 9.36. The molecule has 0 spiro atoms. The van der Waals surface area contributed by atoms with Crippen LogP contribution in [0.2, 0.25) is 0 Å². The number of hydrogen-bond donors (Lipinski definition) is 8. The second-order valence-corrected chi connectivity index (χ2v) is 11.8. The van der Waals surface area contributed by atoms with E-state index in [0.717, 1.165) is 6.33 Å². The standard InChI is InChI=1S/C18H30N6O13P2/c1-2-3-20-17-13(27)11(25)8(35-17)4-33-38(29,30)37-39(31,32)34-5-9-12(26)14(28)18(36-9)24-7-23-10-15(19)21-6-22-16(10)24/h6-9,11-14,17-18,20,25-28H,2-5H2,1H3,(H,29,30)(H,31,32)(H2,19,21,22)/t8-,9-,11-,12-,13-,14-,17-,18-/m1/s1. The third-order valence-electron chi connectivity index (χ3n) is 5.97. The lowest BCUT2D eigenvalue weighted by Crippen LogP contribution is -2.41. The van der Waals surface area contributed by atoms with Crippen LogP contribution in [-0.2, 0) is 32.0 Å². The summed E-state index contributed by atoms with van der Waals surface area (Å²) in [6, 6.07) is 0. The summed E-state index contributed by atoms with van der Waals surface area (Å²) in [5.74, 6) is 0.0684.